The second-order valence-electron chi connectivity index (χ2n) is 4.47. The lowest BCUT2D eigenvalue weighted by Crippen LogP contribution is -2.42. The Balaban J connectivity index is 2.25. The molecule has 6 heteroatoms. The van der Waals surface area contributed by atoms with E-state index < -0.39 is 0 Å². The summed E-state index contributed by atoms with van der Waals surface area (Å²) in [5.41, 5.74) is 5.81. The van der Waals surface area contributed by atoms with Gasteiger partial charge in [0.05, 0.1) is 7.11 Å². The minimum atomic E-state index is 0.173. The highest BCUT2D eigenvalue weighted by molar-refractivity contribution is 5.63. The zero-order chi connectivity index (χ0) is 13.0. The first-order valence-electron chi connectivity index (χ1n) is 6.30. The number of aromatic nitrogens is 2. The van der Waals surface area contributed by atoms with Gasteiger partial charge < -0.3 is 20.5 Å². The summed E-state index contributed by atoms with van der Waals surface area (Å²) in [4.78, 5) is 10.4. The minimum absolute atomic E-state index is 0.173. The molecule has 6 nitrogen and oxygen atoms in total. The predicted octanol–water partition coefficient (Wildman–Crippen LogP) is 0.809. The van der Waals surface area contributed by atoms with Crippen molar-refractivity contribution >= 4 is 11.6 Å². The quantitative estimate of drug-likeness (QED) is 0.779. The molecule has 0 bridgehead atoms. The highest BCUT2D eigenvalue weighted by atomic mass is 16.5. The molecule has 0 aliphatic heterocycles. The molecule has 1 fully saturated rings. The van der Waals surface area contributed by atoms with Crippen LogP contribution in [0.1, 0.15) is 25.7 Å². The zero-order valence-corrected chi connectivity index (χ0v) is 10.7. The van der Waals surface area contributed by atoms with Gasteiger partial charge in [-0.25, -0.2) is 9.97 Å². The normalized spacial score (nSPS) is 15.2. The van der Waals surface area contributed by atoms with Gasteiger partial charge in [0.1, 0.15) is 6.33 Å². The molecule has 0 unspecified atom stereocenters. The van der Waals surface area contributed by atoms with Crippen molar-refractivity contribution < 1.29 is 9.84 Å². The third kappa shape index (κ3) is 2.48. The molecule has 1 saturated carbocycles. The summed E-state index contributed by atoms with van der Waals surface area (Å²) in [5.74, 6) is 1.63. The molecule has 1 aliphatic carbocycles. The van der Waals surface area contributed by atoms with E-state index in [4.69, 9.17) is 15.6 Å². The Bertz CT molecular complexity index is 396. The van der Waals surface area contributed by atoms with Crippen LogP contribution in [-0.2, 0) is 0 Å². The van der Waals surface area contributed by atoms with E-state index >= 15 is 0 Å². The molecule has 1 aromatic rings. The van der Waals surface area contributed by atoms with E-state index in [9.17, 15) is 0 Å². The number of hydrogen-bond acceptors (Lipinski definition) is 6. The van der Waals surface area contributed by atoms with Crippen LogP contribution in [-0.4, -0.2) is 41.4 Å². The maximum atomic E-state index is 9.00. The fourth-order valence-corrected chi connectivity index (χ4v) is 2.18. The second kappa shape index (κ2) is 5.86. The number of nitrogen functional groups attached to an aromatic ring is 1. The standard InChI is InChI=1S/C12H20N4O2/c1-18-10-11(13)14-8-15-12(10)16(6-3-7-17)9-4-2-5-9/h8-9,17H,2-7H2,1H3,(H2,13,14,15). The Kier molecular flexibility index (Phi) is 4.19. The molecule has 1 heterocycles. The van der Waals surface area contributed by atoms with Crippen LogP contribution in [0.3, 0.4) is 0 Å². The van der Waals surface area contributed by atoms with Crippen LogP contribution in [0.25, 0.3) is 0 Å². The Labute approximate surface area is 107 Å². The number of rotatable bonds is 6. The van der Waals surface area contributed by atoms with E-state index in [2.05, 4.69) is 14.9 Å². The summed E-state index contributed by atoms with van der Waals surface area (Å²) in [5, 5.41) is 9.00. The molecule has 0 amide bonds. The van der Waals surface area contributed by atoms with Crippen LogP contribution in [0, 0.1) is 0 Å². The lowest BCUT2D eigenvalue weighted by Gasteiger charge is -2.38. The maximum Gasteiger partial charge on any atom is 0.204 e. The Hall–Kier alpha value is -1.56. The number of aliphatic hydroxyl groups is 1. The molecule has 2 rings (SSSR count). The summed E-state index contributed by atoms with van der Waals surface area (Å²) in [6, 6.07) is 0.472. The Morgan fingerprint density at radius 1 is 1.50 bits per heavy atom. The first kappa shape index (κ1) is 12.9. The molecule has 0 aromatic carbocycles. The van der Waals surface area contributed by atoms with Gasteiger partial charge in [0, 0.05) is 19.2 Å². The van der Waals surface area contributed by atoms with Gasteiger partial charge in [0.15, 0.2) is 11.6 Å². The summed E-state index contributed by atoms with van der Waals surface area (Å²) in [6.07, 6.45) is 5.71. The highest BCUT2D eigenvalue weighted by Crippen LogP contribution is 2.35. The zero-order valence-electron chi connectivity index (χ0n) is 10.7. The SMILES string of the molecule is COc1c(N)ncnc1N(CCCO)C1CCC1. The van der Waals surface area contributed by atoms with Gasteiger partial charge in [-0.3, -0.25) is 0 Å². The van der Waals surface area contributed by atoms with E-state index in [1.165, 1.54) is 12.7 Å². The molecule has 0 radical (unpaired) electrons. The number of methoxy groups -OCH3 is 1. The fourth-order valence-electron chi connectivity index (χ4n) is 2.18. The number of anilines is 2. The third-order valence-electron chi connectivity index (χ3n) is 3.36. The van der Waals surface area contributed by atoms with E-state index in [1.807, 2.05) is 0 Å². The summed E-state index contributed by atoms with van der Waals surface area (Å²) in [6.45, 7) is 0.931. The highest BCUT2D eigenvalue weighted by Gasteiger charge is 2.28. The van der Waals surface area contributed by atoms with Gasteiger partial charge in [0.2, 0.25) is 5.75 Å². The molecule has 1 aromatic heterocycles. The van der Waals surface area contributed by atoms with Crippen molar-refractivity contribution in [2.24, 2.45) is 0 Å². The monoisotopic (exact) mass is 252 g/mol. The number of nitrogens with two attached hydrogens (primary N) is 1. The van der Waals surface area contributed by atoms with Crippen molar-refractivity contribution in [3.05, 3.63) is 6.33 Å². The maximum absolute atomic E-state index is 9.00. The van der Waals surface area contributed by atoms with Crippen molar-refractivity contribution in [3.63, 3.8) is 0 Å². The third-order valence-corrected chi connectivity index (χ3v) is 3.36. The van der Waals surface area contributed by atoms with Crippen LogP contribution < -0.4 is 15.4 Å². The van der Waals surface area contributed by atoms with Crippen molar-refractivity contribution in [1.29, 1.82) is 0 Å². The van der Waals surface area contributed by atoms with Crippen molar-refractivity contribution in [2.45, 2.75) is 31.7 Å². The summed E-state index contributed by atoms with van der Waals surface area (Å²) < 4.78 is 5.30. The molecule has 100 valence electrons. The lowest BCUT2D eigenvalue weighted by molar-refractivity contribution is 0.282. The molecular weight excluding hydrogens is 232 g/mol. The Morgan fingerprint density at radius 2 is 2.28 bits per heavy atom. The van der Waals surface area contributed by atoms with Gasteiger partial charge >= 0.3 is 0 Å². The number of aliphatic hydroxyl groups excluding tert-OH is 1. The van der Waals surface area contributed by atoms with E-state index in [-0.39, 0.29) is 6.61 Å². The molecule has 18 heavy (non-hydrogen) atoms. The minimum Gasteiger partial charge on any atom is -0.490 e. The first-order chi connectivity index (χ1) is 8.77. The second-order valence-corrected chi connectivity index (χ2v) is 4.47. The van der Waals surface area contributed by atoms with Crippen molar-refractivity contribution in [3.8, 4) is 5.75 Å². The number of nitrogens with zero attached hydrogens (tertiary/aromatic N) is 3. The average Bonchev–Trinajstić information content (AvgIpc) is 2.31. The van der Waals surface area contributed by atoms with Gasteiger partial charge in [-0.2, -0.15) is 0 Å². The van der Waals surface area contributed by atoms with Crippen LogP contribution in [0.15, 0.2) is 6.33 Å². The molecule has 1 aliphatic rings. The number of hydrogen-bond donors (Lipinski definition) is 2. The molecular formula is C12H20N4O2. The van der Waals surface area contributed by atoms with Crippen LogP contribution in [0.5, 0.6) is 5.75 Å². The molecule has 3 N–H and O–H groups in total. The number of ether oxygens (including phenoxy) is 1. The topological polar surface area (TPSA) is 84.5 Å². The molecule has 0 atom stereocenters. The molecule has 0 saturated heterocycles. The lowest BCUT2D eigenvalue weighted by atomic mass is 9.91. The summed E-state index contributed by atoms with van der Waals surface area (Å²) >= 11 is 0. The van der Waals surface area contributed by atoms with E-state index in [1.54, 1.807) is 7.11 Å². The van der Waals surface area contributed by atoms with Gasteiger partial charge in [-0.1, -0.05) is 0 Å². The average molecular weight is 252 g/mol. The van der Waals surface area contributed by atoms with Crippen LogP contribution >= 0.6 is 0 Å². The van der Waals surface area contributed by atoms with Crippen molar-refractivity contribution in [1.82, 2.24) is 9.97 Å². The largest absolute Gasteiger partial charge is 0.490 e. The predicted molar refractivity (Wildman–Crippen MR) is 69.7 cm³/mol. The first-order valence-corrected chi connectivity index (χ1v) is 6.30. The molecule has 0 spiro atoms. The summed E-state index contributed by atoms with van der Waals surface area (Å²) in [7, 11) is 1.57. The van der Waals surface area contributed by atoms with Crippen LogP contribution in [0.2, 0.25) is 0 Å². The Morgan fingerprint density at radius 3 is 2.83 bits per heavy atom. The van der Waals surface area contributed by atoms with Gasteiger partial charge in [-0.05, 0) is 25.7 Å². The van der Waals surface area contributed by atoms with Crippen LogP contribution in [0.4, 0.5) is 11.6 Å². The smallest absolute Gasteiger partial charge is 0.204 e. The van der Waals surface area contributed by atoms with Crippen molar-refractivity contribution in [2.75, 3.05) is 30.9 Å². The van der Waals surface area contributed by atoms with E-state index in [0.717, 1.165) is 25.2 Å². The van der Waals surface area contributed by atoms with Gasteiger partial charge in [0.25, 0.3) is 0 Å². The fraction of sp³-hybridized carbons (Fsp3) is 0.667. The van der Waals surface area contributed by atoms with Gasteiger partial charge in [-0.15, -0.1) is 0 Å². The van der Waals surface area contributed by atoms with E-state index in [0.29, 0.717) is 24.0 Å².